The molecule has 0 saturated heterocycles. The van der Waals surface area contributed by atoms with E-state index in [2.05, 4.69) is 217 Å². The van der Waals surface area contributed by atoms with Gasteiger partial charge in [-0.3, -0.25) is 4.57 Å². The third-order valence-corrected chi connectivity index (χ3v) is 13.3. The number of fused-ring (bicyclic) bond motifs is 12. The van der Waals surface area contributed by atoms with Gasteiger partial charge in [-0.1, -0.05) is 153 Å². The van der Waals surface area contributed by atoms with Gasteiger partial charge in [0.1, 0.15) is 5.82 Å². The molecular formula is C57H38N4. The highest BCUT2D eigenvalue weighted by Crippen LogP contribution is 2.49. The highest BCUT2D eigenvalue weighted by molar-refractivity contribution is 6.14. The van der Waals surface area contributed by atoms with Crippen molar-refractivity contribution in [1.82, 2.24) is 19.1 Å². The van der Waals surface area contributed by atoms with Crippen molar-refractivity contribution in [3.63, 3.8) is 0 Å². The van der Waals surface area contributed by atoms with Crippen molar-refractivity contribution < 1.29 is 0 Å². The van der Waals surface area contributed by atoms with Gasteiger partial charge in [-0.05, 0) is 93.4 Å². The van der Waals surface area contributed by atoms with Gasteiger partial charge in [-0.15, -0.1) is 0 Å². The Balaban J connectivity index is 1.06. The topological polar surface area (TPSA) is 35.6 Å². The van der Waals surface area contributed by atoms with Crippen LogP contribution < -0.4 is 0 Å². The standard InChI is InChI=1S/C57H38N4/c1-57(2)48-21-11-8-18-41(48)42-28-26-38(33-49(42)57)55-58-54-40-17-7-6-14-35(40)24-30-46(54)56(59-55)61-51-23-13-9-19-43(51)45-29-25-37(34-53(45)61)36-27-31-52-47(32-36)44-20-10-12-22-50(44)60(52)39-15-4-3-5-16-39/h3-34H,1-2H3. The molecule has 0 unspecified atom stereocenters. The van der Waals surface area contributed by atoms with E-state index in [1.807, 2.05) is 0 Å². The van der Waals surface area contributed by atoms with Crippen LogP contribution in [0.15, 0.2) is 194 Å². The number of benzene rings is 9. The Bertz CT molecular complexity index is 3790. The first-order valence-corrected chi connectivity index (χ1v) is 21.1. The summed E-state index contributed by atoms with van der Waals surface area (Å²) in [5.74, 6) is 1.59. The maximum Gasteiger partial charge on any atom is 0.162 e. The Kier molecular flexibility index (Phi) is 7.04. The zero-order valence-corrected chi connectivity index (χ0v) is 33.8. The fourth-order valence-corrected chi connectivity index (χ4v) is 10.4. The van der Waals surface area contributed by atoms with Crippen LogP contribution in [0, 0.1) is 0 Å². The normalized spacial score (nSPS) is 13.2. The molecule has 0 bridgehead atoms. The van der Waals surface area contributed by atoms with E-state index in [1.165, 1.54) is 60.4 Å². The van der Waals surface area contributed by atoms with Crippen molar-refractivity contribution in [2.24, 2.45) is 0 Å². The van der Waals surface area contributed by atoms with Gasteiger partial charge in [0.25, 0.3) is 0 Å². The Morgan fingerprint density at radius 3 is 1.84 bits per heavy atom. The summed E-state index contributed by atoms with van der Waals surface area (Å²) in [6.07, 6.45) is 0. The SMILES string of the molecule is CC1(C)c2ccccc2-c2ccc(-c3nc(-n4c5ccccc5c5ccc(-c6ccc7c(c6)c6ccccc6n7-c6ccccc6)cc54)c4ccc5ccccc5c4n3)cc21. The van der Waals surface area contributed by atoms with Crippen LogP contribution >= 0.6 is 0 Å². The van der Waals surface area contributed by atoms with E-state index in [4.69, 9.17) is 9.97 Å². The number of aromatic nitrogens is 4. The quantitative estimate of drug-likeness (QED) is 0.167. The van der Waals surface area contributed by atoms with Crippen LogP contribution in [0.4, 0.5) is 0 Å². The third kappa shape index (κ3) is 4.87. The van der Waals surface area contributed by atoms with Crippen LogP contribution in [0.25, 0.3) is 110 Å². The Morgan fingerprint density at radius 1 is 0.377 bits per heavy atom. The van der Waals surface area contributed by atoms with Crippen LogP contribution in [-0.2, 0) is 5.41 Å². The molecule has 0 saturated carbocycles. The Hall–Kier alpha value is -7.82. The van der Waals surface area contributed by atoms with Crippen LogP contribution in [0.2, 0.25) is 0 Å². The van der Waals surface area contributed by atoms with Crippen molar-refractivity contribution in [2.45, 2.75) is 19.3 Å². The first-order valence-electron chi connectivity index (χ1n) is 21.1. The molecule has 0 N–H and O–H groups in total. The van der Waals surface area contributed by atoms with Crippen LogP contribution in [0.1, 0.15) is 25.0 Å². The van der Waals surface area contributed by atoms with Crippen LogP contribution in [0.5, 0.6) is 0 Å². The summed E-state index contributed by atoms with van der Waals surface area (Å²) in [6.45, 7) is 4.66. The van der Waals surface area contributed by atoms with Gasteiger partial charge >= 0.3 is 0 Å². The molecule has 4 heteroatoms. The summed E-state index contributed by atoms with van der Waals surface area (Å²) in [6, 6.07) is 70.6. The van der Waals surface area contributed by atoms with Gasteiger partial charge in [0, 0.05) is 49.0 Å². The van der Waals surface area contributed by atoms with Crippen molar-refractivity contribution in [3.05, 3.63) is 205 Å². The van der Waals surface area contributed by atoms with Gasteiger partial charge < -0.3 is 4.57 Å². The zero-order valence-electron chi connectivity index (χ0n) is 33.8. The highest BCUT2D eigenvalue weighted by atomic mass is 15.1. The zero-order chi connectivity index (χ0) is 40.4. The van der Waals surface area contributed by atoms with Crippen molar-refractivity contribution >= 4 is 65.3 Å². The minimum Gasteiger partial charge on any atom is -0.309 e. The number of rotatable bonds is 4. The molecule has 0 atom stereocenters. The predicted octanol–water partition coefficient (Wildman–Crippen LogP) is 14.6. The van der Waals surface area contributed by atoms with E-state index in [0.717, 1.165) is 61.2 Å². The van der Waals surface area contributed by atoms with E-state index in [9.17, 15) is 0 Å². The fourth-order valence-electron chi connectivity index (χ4n) is 10.4. The van der Waals surface area contributed by atoms with Gasteiger partial charge in [-0.2, -0.15) is 0 Å². The minimum absolute atomic E-state index is 0.142. The largest absolute Gasteiger partial charge is 0.309 e. The molecular weight excluding hydrogens is 741 g/mol. The van der Waals surface area contributed by atoms with E-state index < -0.39 is 0 Å². The lowest BCUT2D eigenvalue weighted by Gasteiger charge is -2.22. The van der Waals surface area contributed by atoms with E-state index in [1.54, 1.807) is 0 Å². The molecule has 0 radical (unpaired) electrons. The molecule has 4 nitrogen and oxygen atoms in total. The summed E-state index contributed by atoms with van der Waals surface area (Å²) in [5.41, 5.74) is 15.2. The number of para-hydroxylation sites is 3. The molecule has 12 aromatic rings. The average molecular weight is 779 g/mol. The minimum atomic E-state index is -0.142. The number of hydrogen-bond donors (Lipinski definition) is 0. The lowest BCUT2D eigenvalue weighted by molar-refractivity contribution is 0.660. The first-order chi connectivity index (χ1) is 30.0. The van der Waals surface area contributed by atoms with Crippen molar-refractivity contribution in [3.8, 4) is 45.1 Å². The molecule has 61 heavy (non-hydrogen) atoms. The van der Waals surface area contributed by atoms with E-state index >= 15 is 0 Å². The monoisotopic (exact) mass is 778 g/mol. The Morgan fingerprint density at radius 2 is 0.984 bits per heavy atom. The average Bonchev–Trinajstić information content (AvgIpc) is 3.91. The summed E-state index contributed by atoms with van der Waals surface area (Å²) in [5, 5.41) is 8.14. The molecule has 0 amide bonds. The summed E-state index contributed by atoms with van der Waals surface area (Å²) < 4.78 is 4.75. The van der Waals surface area contributed by atoms with Gasteiger partial charge in [-0.25, -0.2) is 9.97 Å². The van der Waals surface area contributed by atoms with Crippen molar-refractivity contribution in [2.75, 3.05) is 0 Å². The van der Waals surface area contributed by atoms with Gasteiger partial charge in [0.2, 0.25) is 0 Å². The summed E-state index contributed by atoms with van der Waals surface area (Å²) in [7, 11) is 0. The first kappa shape index (κ1) is 34.1. The second kappa shape index (κ2) is 12.6. The number of nitrogens with zero attached hydrogens (tertiary/aromatic N) is 4. The molecule has 3 aromatic heterocycles. The molecule has 13 rings (SSSR count). The van der Waals surface area contributed by atoms with Gasteiger partial charge in [0.15, 0.2) is 5.82 Å². The third-order valence-electron chi connectivity index (χ3n) is 13.3. The molecule has 1 aliphatic carbocycles. The maximum absolute atomic E-state index is 5.60. The molecule has 3 heterocycles. The lowest BCUT2D eigenvalue weighted by atomic mass is 9.82. The smallest absolute Gasteiger partial charge is 0.162 e. The molecule has 1 aliphatic rings. The fraction of sp³-hybridized carbons (Fsp3) is 0.0526. The lowest BCUT2D eigenvalue weighted by Crippen LogP contribution is -2.15. The number of hydrogen-bond acceptors (Lipinski definition) is 2. The summed E-state index contributed by atoms with van der Waals surface area (Å²) >= 11 is 0. The maximum atomic E-state index is 5.60. The Labute approximate surface area is 352 Å². The molecule has 286 valence electrons. The highest BCUT2D eigenvalue weighted by Gasteiger charge is 2.35. The molecule has 0 fully saturated rings. The van der Waals surface area contributed by atoms with Crippen LogP contribution in [0.3, 0.4) is 0 Å². The van der Waals surface area contributed by atoms with E-state index in [-0.39, 0.29) is 5.41 Å². The second-order valence-electron chi connectivity index (χ2n) is 17.0. The molecule has 0 aliphatic heterocycles. The predicted molar refractivity (Wildman–Crippen MR) is 254 cm³/mol. The summed E-state index contributed by atoms with van der Waals surface area (Å²) in [4.78, 5) is 11.0. The molecule has 9 aromatic carbocycles. The van der Waals surface area contributed by atoms with Gasteiger partial charge in [0.05, 0.1) is 27.6 Å². The van der Waals surface area contributed by atoms with Crippen LogP contribution in [-0.4, -0.2) is 19.1 Å². The molecule has 0 spiro atoms. The van der Waals surface area contributed by atoms with Crippen molar-refractivity contribution in [1.29, 1.82) is 0 Å². The van der Waals surface area contributed by atoms with E-state index in [0.29, 0.717) is 0 Å². The second-order valence-corrected chi connectivity index (χ2v) is 17.0.